The Balaban J connectivity index is 1.71. The van der Waals surface area contributed by atoms with Crippen LogP contribution in [-0.4, -0.2) is 66.0 Å². The fraction of sp³-hybridized carbons (Fsp3) is 0.448. The average Bonchev–Trinajstić information content (AvgIpc) is 3.11. The van der Waals surface area contributed by atoms with E-state index in [0.29, 0.717) is 18.0 Å². The number of hydrogen-bond donors (Lipinski definition) is 1. The molecule has 186 valence electrons. The van der Waals surface area contributed by atoms with Crippen LogP contribution in [0, 0.1) is 13.8 Å². The van der Waals surface area contributed by atoms with E-state index in [2.05, 4.69) is 18.7 Å². The number of benzene rings is 2. The number of rotatable bonds is 7. The summed E-state index contributed by atoms with van der Waals surface area (Å²) in [6.07, 6.45) is 0.747. The predicted octanol–water partition coefficient (Wildman–Crippen LogP) is 4.57. The third kappa shape index (κ3) is 5.34. The molecule has 1 atom stereocenters. The highest BCUT2D eigenvalue weighted by atomic mass is 16.5. The fourth-order valence-electron chi connectivity index (χ4n) is 4.95. The molecule has 2 aliphatic heterocycles. The molecule has 1 amide bonds. The van der Waals surface area contributed by atoms with Crippen molar-refractivity contribution in [2.75, 3.05) is 39.4 Å². The minimum atomic E-state index is -0.618. The average molecular weight is 477 g/mol. The van der Waals surface area contributed by atoms with Crippen LogP contribution in [0.25, 0.3) is 5.76 Å². The maximum Gasteiger partial charge on any atom is 0.295 e. The Labute approximate surface area is 208 Å². The second kappa shape index (κ2) is 10.8. The highest BCUT2D eigenvalue weighted by Gasteiger charge is 2.46. The Morgan fingerprint density at radius 2 is 1.71 bits per heavy atom. The summed E-state index contributed by atoms with van der Waals surface area (Å²) in [7, 11) is 0. The first-order chi connectivity index (χ1) is 16.8. The van der Waals surface area contributed by atoms with Gasteiger partial charge < -0.3 is 14.7 Å². The van der Waals surface area contributed by atoms with E-state index in [1.807, 2.05) is 56.3 Å². The van der Waals surface area contributed by atoms with Gasteiger partial charge in [-0.05, 0) is 48.9 Å². The van der Waals surface area contributed by atoms with Gasteiger partial charge in [-0.25, -0.2) is 0 Å². The van der Waals surface area contributed by atoms with Crippen molar-refractivity contribution < 1.29 is 19.4 Å². The molecule has 2 aromatic carbocycles. The number of amides is 1. The van der Waals surface area contributed by atoms with Gasteiger partial charge in [-0.2, -0.15) is 0 Å². The smallest absolute Gasteiger partial charge is 0.295 e. The zero-order valence-corrected chi connectivity index (χ0v) is 21.2. The largest absolute Gasteiger partial charge is 0.507 e. The van der Waals surface area contributed by atoms with E-state index < -0.39 is 17.7 Å². The van der Waals surface area contributed by atoms with Crippen molar-refractivity contribution in [1.29, 1.82) is 0 Å². The number of nitrogens with zero attached hydrogens (tertiary/aromatic N) is 2. The molecule has 2 aliphatic rings. The third-order valence-corrected chi connectivity index (χ3v) is 7.08. The van der Waals surface area contributed by atoms with Crippen molar-refractivity contribution in [2.45, 2.75) is 46.1 Å². The fourth-order valence-corrected chi connectivity index (χ4v) is 4.95. The summed E-state index contributed by atoms with van der Waals surface area (Å²) in [5.41, 5.74) is 4.64. The first-order valence-electron chi connectivity index (χ1n) is 12.5. The lowest BCUT2D eigenvalue weighted by Gasteiger charge is -2.29. The molecule has 1 N–H and O–H groups in total. The second-order valence-corrected chi connectivity index (χ2v) is 9.94. The summed E-state index contributed by atoms with van der Waals surface area (Å²) in [6.45, 7) is 12.6. The van der Waals surface area contributed by atoms with Gasteiger partial charge in [0.1, 0.15) is 5.76 Å². The molecule has 0 spiro atoms. The number of Topliss-reactive ketones (excluding diaryl/α,β-unsaturated/α-hetero) is 1. The summed E-state index contributed by atoms with van der Waals surface area (Å²) in [4.78, 5) is 30.5. The number of ether oxygens (including phenoxy) is 1. The lowest BCUT2D eigenvalue weighted by atomic mass is 9.92. The number of aliphatic hydroxyl groups is 1. The Hall–Kier alpha value is -2.96. The van der Waals surface area contributed by atoms with Crippen molar-refractivity contribution in [3.63, 3.8) is 0 Å². The molecule has 6 nitrogen and oxygen atoms in total. The minimum Gasteiger partial charge on any atom is -0.507 e. The Bertz CT molecular complexity index is 1110. The first kappa shape index (κ1) is 25.1. The minimum absolute atomic E-state index is 0.0989. The van der Waals surface area contributed by atoms with Crippen molar-refractivity contribution >= 4 is 17.4 Å². The number of hydrogen-bond acceptors (Lipinski definition) is 5. The molecule has 6 heteroatoms. The molecule has 2 saturated heterocycles. The van der Waals surface area contributed by atoms with E-state index in [0.717, 1.165) is 56.0 Å². The molecule has 2 fully saturated rings. The van der Waals surface area contributed by atoms with E-state index in [1.165, 1.54) is 5.56 Å². The summed E-state index contributed by atoms with van der Waals surface area (Å²) in [5.74, 6) is -0.887. The molecule has 0 bridgehead atoms. The van der Waals surface area contributed by atoms with Gasteiger partial charge >= 0.3 is 0 Å². The van der Waals surface area contributed by atoms with Gasteiger partial charge in [-0.15, -0.1) is 0 Å². The molecule has 2 heterocycles. The number of ketones is 1. The number of aliphatic hydroxyl groups excluding tert-OH is 1. The molecule has 4 rings (SSSR count). The zero-order chi connectivity index (χ0) is 25.1. The molecule has 0 saturated carbocycles. The van der Waals surface area contributed by atoms with Gasteiger partial charge in [0, 0.05) is 31.7 Å². The third-order valence-electron chi connectivity index (χ3n) is 7.08. The maximum absolute atomic E-state index is 13.3. The molecular formula is C29H36N2O4. The van der Waals surface area contributed by atoms with Gasteiger partial charge in [0.05, 0.1) is 24.8 Å². The molecule has 0 aliphatic carbocycles. The molecule has 35 heavy (non-hydrogen) atoms. The van der Waals surface area contributed by atoms with E-state index in [9.17, 15) is 14.7 Å². The van der Waals surface area contributed by atoms with Crippen molar-refractivity contribution in [2.24, 2.45) is 0 Å². The monoisotopic (exact) mass is 476 g/mol. The van der Waals surface area contributed by atoms with E-state index in [1.54, 1.807) is 4.90 Å². The maximum atomic E-state index is 13.3. The normalized spacial score (nSPS) is 20.7. The SMILES string of the molecule is Cc1ccc(C)c(C(O)=C2C(=O)C(=O)N(CCCN3CCOCC3)C2c2ccc(C(C)C)cc2)c1. The van der Waals surface area contributed by atoms with Crippen LogP contribution in [0.1, 0.15) is 60.0 Å². The Kier molecular flexibility index (Phi) is 7.72. The molecular weight excluding hydrogens is 440 g/mol. The number of likely N-dealkylation sites (tertiary alicyclic amines) is 1. The van der Waals surface area contributed by atoms with Crippen LogP contribution in [0.15, 0.2) is 48.0 Å². The first-order valence-corrected chi connectivity index (χ1v) is 12.5. The van der Waals surface area contributed by atoms with Crippen LogP contribution in [-0.2, 0) is 14.3 Å². The number of carbonyl (C=O) groups is 2. The van der Waals surface area contributed by atoms with Crippen LogP contribution in [0.3, 0.4) is 0 Å². The quantitative estimate of drug-likeness (QED) is 0.360. The van der Waals surface area contributed by atoms with Crippen LogP contribution >= 0.6 is 0 Å². The van der Waals surface area contributed by atoms with Crippen molar-refractivity contribution in [3.05, 3.63) is 75.9 Å². The van der Waals surface area contributed by atoms with E-state index in [4.69, 9.17) is 4.74 Å². The van der Waals surface area contributed by atoms with Gasteiger partial charge in [0.2, 0.25) is 0 Å². The van der Waals surface area contributed by atoms with Crippen LogP contribution in [0.4, 0.5) is 0 Å². The molecule has 0 aromatic heterocycles. The lowest BCUT2D eigenvalue weighted by Crippen LogP contribution is -2.38. The second-order valence-electron chi connectivity index (χ2n) is 9.94. The standard InChI is InChI=1S/C29H36N2O4/c1-19(2)22-8-10-23(11-9-22)26-25(27(32)24-18-20(3)6-7-21(24)4)28(33)29(34)31(26)13-5-12-30-14-16-35-17-15-30/h6-11,18-19,26,32H,5,12-17H2,1-4H3. The lowest BCUT2D eigenvalue weighted by molar-refractivity contribution is -0.140. The molecule has 1 unspecified atom stereocenters. The zero-order valence-electron chi connectivity index (χ0n) is 21.2. The van der Waals surface area contributed by atoms with Crippen LogP contribution in [0.5, 0.6) is 0 Å². The summed E-state index contributed by atoms with van der Waals surface area (Å²) in [5, 5.41) is 11.4. The van der Waals surface area contributed by atoms with Crippen LogP contribution < -0.4 is 0 Å². The highest BCUT2D eigenvalue weighted by Crippen LogP contribution is 2.40. The van der Waals surface area contributed by atoms with E-state index in [-0.39, 0.29) is 11.3 Å². The van der Waals surface area contributed by atoms with Gasteiger partial charge in [-0.1, -0.05) is 55.8 Å². The number of morpholine rings is 1. The number of carbonyl (C=O) groups excluding carboxylic acids is 2. The predicted molar refractivity (Wildman–Crippen MR) is 137 cm³/mol. The molecule has 0 radical (unpaired) electrons. The number of aryl methyl sites for hydroxylation is 2. The summed E-state index contributed by atoms with van der Waals surface area (Å²) >= 11 is 0. The van der Waals surface area contributed by atoms with Gasteiger partial charge in [0.15, 0.2) is 0 Å². The summed E-state index contributed by atoms with van der Waals surface area (Å²) < 4.78 is 5.43. The topological polar surface area (TPSA) is 70.1 Å². The van der Waals surface area contributed by atoms with Crippen molar-refractivity contribution in [3.8, 4) is 0 Å². The highest BCUT2D eigenvalue weighted by molar-refractivity contribution is 6.46. The molecule has 2 aromatic rings. The van der Waals surface area contributed by atoms with Gasteiger partial charge in [0.25, 0.3) is 11.7 Å². The Morgan fingerprint density at radius 1 is 1.03 bits per heavy atom. The van der Waals surface area contributed by atoms with Crippen LogP contribution in [0.2, 0.25) is 0 Å². The Morgan fingerprint density at radius 3 is 2.37 bits per heavy atom. The van der Waals surface area contributed by atoms with Gasteiger partial charge in [-0.3, -0.25) is 14.5 Å². The van der Waals surface area contributed by atoms with Crippen molar-refractivity contribution in [1.82, 2.24) is 9.80 Å². The van der Waals surface area contributed by atoms with E-state index >= 15 is 0 Å². The summed E-state index contributed by atoms with van der Waals surface area (Å²) in [6, 6.07) is 13.2.